The molecule has 0 aliphatic rings. The second-order valence-corrected chi connectivity index (χ2v) is 18.5. The molecular formula is C58H104O6. The van der Waals surface area contributed by atoms with Crippen LogP contribution in [0.3, 0.4) is 0 Å². The van der Waals surface area contributed by atoms with Gasteiger partial charge in [0, 0.05) is 19.3 Å². The second kappa shape index (κ2) is 53.0. The van der Waals surface area contributed by atoms with Crippen LogP contribution < -0.4 is 0 Å². The highest BCUT2D eigenvalue weighted by Gasteiger charge is 2.19. The molecule has 0 aromatic rings. The van der Waals surface area contributed by atoms with Gasteiger partial charge in [0.05, 0.1) is 0 Å². The van der Waals surface area contributed by atoms with Gasteiger partial charge in [-0.15, -0.1) is 0 Å². The molecule has 1 atom stereocenters. The highest BCUT2D eigenvalue weighted by atomic mass is 16.6. The number of allylic oxidation sites excluding steroid dienone is 8. The Kier molecular flexibility index (Phi) is 50.8. The Labute approximate surface area is 397 Å². The summed E-state index contributed by atoms with van der Waals surface area (Å²) in [5.74, 6) is -0.891. The first-order valence-electron chi connectivity index (χ1n) is 27.6. The molecule has 64 heavy (non-hydrogen) atoms. The average Bonchev–Trinajstić information content (AvgIpc) is 3.29. The quantitative estimate of drug-likeness (QED) is 0.0262. The molecule has 0 saturated carbocycles. The number of rotatable bonds is 50. The van der Waals surface area contributed by atoms with Gasteiger partial charge in [-0.25, -0.2) is 0 Å². The van der Waals surface area contributed by atoms with Crippen LogP contribution in [0.4, 0.5) is 0 Å². The lowest BCUT2D eigenvalue weighted by molar-refractivity contribution is -0.167. The van der Waals surface area contributed by atoms with Crippen molar-refractivity contribution in [3.63, 3.8) is 0 Å². The lowest BCUT2D eigenvalue weighted by Crippen LogP contribution is -2.30. The first-order chi connectivity index (χ1) is 31.5. The lowest BCUT2D eigenvalue weighted by atomic mass is 10.0. The minimum absolute atomic E-state index is 0.0764. The largest absolute Gasteiger partial charge is 0.462 e. The van der Waals surface area contributed by atoms with Crippen molar-refractivity contribution >= 4 is 17.9 Å². The predicted molar refractivity (Wildman–Crippen MR) is 275 cm³/mol. The van der Waals surface area contributed by atoms with Crippen molar-refractivity contribution in [1.82, 2.24) is 0 Å². The van der Waals surface area contributed by atoms with Gasteiger partial charge < -0.3 is 14.2 Å². The van der Waals surface area contributed by atoms with E-state index in [4.69, 9.17) is 14.2 Å². The van der Waals surface area contributed by atoms with Crippen LogP contribution in [0.2, 0.25) is 0 Å². The van der Waals surface area contributed by atoms with Gasteiger partial charge in [0.15, 0.2) is 6.10 Å². The molecule has 0 aliphatic carbocycles. The summed E-state index contributed by atoms with van der Waals surface area (Å²) in [5.41, 5.74) is 0. The molecule has 0 aromatic heterocycles. The summed E-state index contributed by atoms with van der Waals surface area (Å²) < 4.78 is 16.7. The molecule has 0 saturated heterocycles. The Morgan fingerprint density at radius 1 is 0.312 bits per heavy atom. The maximum absolute atomic E-state index is 12.8. The molecule has 0 rings (SSSR count). The molecule has 0 N–H and O–H groups in total. The number of esters is 3. The fraction of sp³-hybridized carbons (Fsp3) is 0.810. The van der Waals surface area contributed by atoms with E-state index in [1.165, 1.54) is 161 Å². The number of carbonyl (C=O) groups is 3. The SMILES string of the molecule is CCCCCC/C=C\C/C=C\CCCCCCCCCC(=O)OC(COC(=O)CCCCCCC)COC(=O)CCCCCCCCCCCCC/C=C\C/C=C\CCCCCCC. The van der Waals surface area contributed by atoms with Crippen molar-refractivity contribution < 1.29 is 28.6 Å². The van der Waals surface area contributed by atoms with E-state index in [0.29, 0.717) is 19.3 Å². The molecule has 6 nitrogen and oxygen atoms in total. The number of unbranched alkanes of at least 4 members (excludes halogenated alkanes) is 31. The Hall–Kier alpha value is -2.63. The number of carbonyl (C=O) groups excluding carboxylic acids is 3. The zero-order valence-electron chi connectivity index (χ0n) is 42.6. The minimum Gasteiger partial charge on any atom is -0.462 e. The van der Waals surface area contributed by atoms with E-state index in [2.05, 4.69) is 69.4 Å². The Balaban J connectivity index is 4.11. The van der Waals surface area contributed by atoms with Gasteiger partial charge >= 0.3 is 17.9 Å². The van der Waals surface area contributed by atoms with Crippen molar-refractivity contribution in [2.75, 3.05) is 13.2 Å². The molecule has 0 heterocycles. The second-order valence-electron chi connectivity index (χ2n) is 18.5. The molecule has 0 bridgehead atoms. The van der Waals surface area contributed by atoms with E-state index < -0.39 is 6.10 Å². The van der Waals surface area contributed by atoms with Gasteiger partial charge in [0.2, 0.25) is 0 Å². The average molecular weight is 897 g/mol. The zero-order valence-corrected chi connectivity index (χ0v) is 42.6. The summed E-state index contributed by atoms with van der Waals surface area (Å²) >= 11 is 0. The number of hydrogen-bond donors (Lipinski definition) is 0. The monoisotopic (exact) mass is 897 g/mol. The zero-order chi connectivity index (χ0) is 46.5. The summed E-state index contributed by atoms with van der Waals surface area (Å²) in [4.78, 5) is 37.7. The van der Waals surface area contributed by atoms with Crippen molar-refractivity contribution in [2.24, 2.45) is 0 Å². The third-order valence-corrected chi connectivity index (χ3v) is 12.1. The van der Waals surface area contributed by atoms with Crippen LogP contribution in [-0.4, -0.2) is 37.2 Å². The summed E-state index contributed by atoms with van der Waals surface area (Å²) in [6.45, 7) is 6.54. The van der Waals surface area contributed by atoms with Crippen LogP contribution in [-0.2, 0) is 28.6 Å². The molecule has 372 valence electrons. The molecule has 0 aliphatic heterocycles. The molecule has 0 aromatic carbocycles. The minimum atomic E-state index is -0.773. The highest BCUT2D eigenvalue weighted by molar-refractivity contribution is 5.71. The van der Waals surface area contributed by atoms with E-state index in [9.17, 15) is 14.4 Å². The van der Waals surface area contributed by atoms with Crippen molar-refractivity contribution in [3.05, 3.63) is 48.6 Å². The molecule has 0 spiro atoms. The first kappa shape index (κ1) is 61.4. The Bertz CT molecular complexity index is 1120. The van der Waals surface area contributed by atoms with Crippen molar-refractivity contribution in [2.45, 2.75) is 290 Å². The third-order valence-electron chi connectivity index (χ3n) is 12.1. The first-order valence-corrected chi connectivity index (χ1v) is 27.6. The van der Waals surface area contributed by atoms with Crippen LogP contribution in [0.1, 0.15) is 284 Å². The molecule has 1 unspecified atom stereocenters. The Morgan fingerprint density at radius 2 is 0.562 bits per heavy atom. The van der Waals surface area contributed by atoms with E-state index in [-0.39, 0.29) is 31.1 Å². The maximum atomic E-state index is 12.8. The lowest BCUT2D eigenvalue weighted by Gasteiger charge is -2.18. The molecule has 0 radical (unpaired) electrons. The van der Waals surface area contributed by atoms with Crippen LogP contribution in [0.15, 0.2) is 48.6 Å². The summed E-state index contributed by atoms with van der Waals surface area (Å²) in [6, 6.07) is 0. The van der Waals surface area contributed by atoms with Crippen LogP contribution in [0.25, 0.3) is 0 Å². The molecule has 6 heteroatoms. The summed E-state index contributed by atoms with van der Waals surface area (Å²) in [6.07, 6.45) is 64.2. The standard InChI is InChI=1S/C58H104O6/c1-4-7-10-13-15-17-19-21-23-25-27-28-29-30-31-33-34-36-38-40-42-45-48-51-57(60)63-54-55(53-62-56(59)50-47-44-12-9-6-3)64-58(61)52-49-46-43-41-39-37-35-32-26-24-22-20-18-16-14-11-8-5-2/h18-21,24-27,55H,4-17,22-23,28-54H2,1-3H3/b20-18-,21-19-,26-24-,27-25-. The topological polar surface area (TPSA) is 78.9 Å². The van der Waals surface area contributed by atoms with Gasteiger partial charge in [0.1, 0.15) is 13.2 Å². The maximum Gasteiger partial charge on any atom is 0.306 e. The molecular weight excluding hydrogens is 793 g/mol. The Morgan fingerprint density at radius 3 is 0.875 bits per heavy atom. The fourth-order valence-corrected chi connectivity index (χ4v) is 7.86. The van der Waals surface area contributed by atoms with Crippen LogP contribution >= 0.6 is 0 Å². The number of hydrogen-bond acceptors (Lipinski definition) is 6. The third kappa shape index (κ3) is 50.4. The normalized spacial score (nSPS) is 12.4. The summed E-state index contributed by atoms with van der Waals surface area (Å²) in [5, 5.41) is 0. The fourth-order valence-electron chi connectivity index (χ4n) is 7.86. The highest BCUT2D eigenvalue weighted by Crippen LogP contribution is 2.15. The smallest absolute Gasteiger partial charge is 0.306 e. The van der Waals surface area contributed by atoms with Gasteiger partial charge in [-0.2, -0.15) is 0 Å². The van der Waals surface area contributed by atoms with Crippen molar-refractivity contribution in [3.8, 4) is 0 Å². The molecule has 0 amide bonds. The van der Waals surface area contributed by atoms with Gasteiger partial charge in [-0.05, 0) is 83.5 Å². The molecule has 0 fully saturated rings. The van der Waals surface area contributed by atoms with E-state index in [1.54, 1.807) is 0 Å². The summed E-state index contributed by atoms with van der Waals surface area (Å²) in [7, 11) is 0. The van der Waals surface area contributed by atoms with E-state index >= 15 is 0 Å². The number of ether oxygens (including phenoxy) is 3. The van der Waals surface area contributed by atoms with Crippen molar-refractivity contribution in [1.29, 1.82) is 0 Å². The van der Waals surface area contributed by atoms with Crippen LogP contribution in [0.5, 0.6) is 0 Å². The predicted octanol–water partition coefficient (Wildman–Crippen LogP) is 18.3. The van der Waals surface area contributed by atoms with Crippen LogP contribution in [0, 0.1) is 0 Å². The van der Waals surface area contributed by atoms with Gasteiger partial charge in [-0.3, -0.25) is 14.4 Å². The van der Waals surface area contributed by atoms with E-state index in [1.807, 2.05) is 0 Å². The van der Waals surface area contributed by atoms with Gasteiger partial charge in [0.25, 0.3) is 0 Å². The van der Waals surface area contributed by atoms with Gasteiger partial charge in [-0.1, -0.05) is 230 Å². The van der Waals surface area contributed by atoms with E-state index in [0.717, 1.165) is 83.5 Å².